The molecule has 4 aromatic rings. The van der Waals surface area contributed by atoms with Gasteiger partial charge < -0.3 is 14.5 Å². The standard InChI is InChI=1S/C26H24N6O3.CH4/c1-17(33)31-8-10-32(11-9-31)25(34)20-5-3-4-19(12-20)24-22-13-18(6-7-23(22)29-16-30-24)21-14-27-26(35-2)28-15-21;/h3-7,12-16H,8-11H2,1-2H3;1H4. The number of fused-ring (bicyclic) bond motifs is 1. The van der Waals surface area contributed by atoms with E-state index < -0.39 is 0 Å². The molecule has 1 saturated heterocycles. The molecule has 0 bridgehead atoms. The van der Waals surface area contributed by atoms with E-state index >= 15 is 0 Å². The Bertz CT molecular complexity index is 1400. The van der Waals surface area contributed by atoms with Crippen LogP contribution >= 0.6 is 0 Å². The van der Waals surface area contributed by atoms with Crippen molar-refractivity contribution >= 4 is 22.7 Å². The highest BCUT2D eigenvalue weighted by atomic mass is 16.5. The topological polar surface area (TPSA) is 101 Å². The van der Waals surface area contributed by atoms with Gasteiger partial charge in [-0.25, -0.2) is 19.9 Å². The third kappa shape index (κ3) is 4.86. The summed E-state index contributed by atoms with van der Waals surface area (Å²) in [5, 5.41) is 0.862. The molecule has 0 unspecified atom stereocenters. The SMILES string of the molecule is C.COc1ncc(-c2ccc3ncnc(-c4cccc(C(=O)N5CCN(C(C)=O)CC5)c4)c3c2)cn1. The van der Waals surface area contributed by atoms with Gasteiger partial charge in [0.15, 0.2) is 0 Å². The minimum Gasteiger partial charge on any atom is -0.467 e. The van der Waals surface area contributed by atoms with Crippen LogP contribution in [-0.2, 0) is 4.79 Å². The molecule has 3 heterocycles. The highest BCUT2D eigenvalue weighted by molar-refractivity contribution is 5.98. The minimum absolute atomic E-state index is 0. The fourth-order valence-corrected chi connectivity index (χ4v) is 4.24. The van der Waals surface area contributed by atoms with E-state index in [9.17, 15) is 9.59 Å². The molecule has 0 spiro atoms. The van der Waals surface area contributed by atoms with Gasteiger partial charge in [-0.15, -0.1) is 0 Å². The molecule has 9 nitrogen and oxygen atoms in total. The van der Waals surface area contributed by atoms with Crippen LogP contribution in [0.3, 0.4) is 0 Å². The number of ether oxygens (including phenoxy) is 1. The molecular weight excluding hydrogens is 456 g/mol. The van der Waals surface area contributed by atoms with Crippen LogP contribution in [0.1, 0.15) is 24.7 Å². The fraction of sp³-hybridized carbons (Fsp3) is 0.259. The zero-order valence-corrected chi connectivity index (χ0v) is 19.5. The number of aromatic nitrogens is 4. The van der Waals surface area contributed by atoms with Crippen molar-refractivity contribution in [2.45, 2.75) is 14.4 Å². The number of amides is 2. The molecule has 2 aromatic carbocycles. The van der Waals surface area contributed by atoms with Crippen molar-refractivity contribution < 1.29 is 14.3 Å². The maximum atomic E-state index is 13.2. The van der Waals surface area contributed by atoms with Gasteiger partial charge in [-0.1, -0.05) is 25.6 Å². The number of benzene rings is 2. The van der Waals surface area contributed by atoms with E-state index in [2.05, 4.69) is 19.9 Å². The number of piperazine rings is 1. The normalized spacial score (nSPS) is 13.3. The molecule has 0 atom stereocenters. The van der Waals surface area contributed by atoms with Gasteiger partial charge in [-0.3, -0.25) is 9.59 Å². The second kappa shape index (κ2) is 10.5. The summed E-state index contributed by atoms with van der Waals surface area (Å²) in [4.78, 5) is 45.7. The van der Waals surface area contributed by atoms with Crippen molar-refractivity contribution in [1.82, 2.24) is 29.7 Å². The third-order valence-electron chi connectivity index (χ3n) is 6.17. The van der Waals surface area contributed by atoms with Crippen LogP contribution in [-0.4, -0.2) is 74.8 Å². The van der Waals surface area contributed by atoms with E-state index in [1.54, 1.807) is 29.1 Å². The van der Waals surface area contributed by atoms with Crippen molar-refractivity contribution in [2.75, 3.05) is 33.3 Å². The summed E-state index contributed by atoms with van der Waals surface area (Å²) in [6.45, 7) is 3.70. The summed E-state index contributed by atoms with van der Waals surface area (Å²) in [5.74, 6) is -0.0141. The van der Waals surface area contributed by atoms with Crippen molar-refractivity contribution in [3.63, 3.8) is 0 Å². The Kier molecular flexibility index (Phi) is 7.19. The summed E-state index contributed by atoms with van der Waals surface area (Å²) in [5.41, 5.74) is 4.72. The Labute approximate surface area is 209 Å². The van der Waals surface area contributed by atoms with Gasteiger partial charge in [0.2, 0.25) is 5.91 Å². The van der Waals surface area contributed by atoms with Gasteiger partial charge in [0.1, 0.15) is 6.33 Å². The lowest BCUT2D eigenvalue weighted by atomic mass is 10.0. The smallest absolute Gasteiger partial charge is 0.316 e. The van der Waals surface area contributed by atoms with E-state index in [1.807, 2.05) is 42.5 Å². The molecule has 0 saturated carbocycles. The first-order valence-electron chi connectivity index (χ1n) is 11.3. The minimum atomic E-state index is -0.0514. The molecule has 9 heteroatoms. The molecule has 1 aliphatic rings. The van der Waals surface area contributed by atoms with E-state index in [1.165, 1.54) is 13.4 Å². The summed E-state index contributed by atoms with van der Waals surface area (Å²) in [7, 11) is 1.53. The van der Waals surface area contributed by atoms with Crippen molar-refractivity contribution in [3.8, 4) is 28.4 Å². The lowest BCUT2D eigenvalue weighted by molar-refractivity contribution is -0.130. The Balaban J connectivity index is 0.00000304. The fourth-order valence-electron chi connectivity index (χ4n) is 4.24. The zero-order valence-electron chi connectivity index (χ0n) is 19.5. The molecule has 5 rings (SSSR count). The molecule has 1 fully saturated rings. The third-order valence-corrected chi connectivity index (χ3v) is 6.17. The predicted octanol–water partition coefficient (Wildman–Crippen LogP) is 3.70. The van der Waals surface area contributed by atoms with Crippen molar-refractivity contribution in [2.24, 2.45) is 0 Å². The molecule has 184 valence electrons. The molecule has 0 radical (unpaired) electrons. The predicted molar refractivity (Wildman–Crippen MR) is 137 cm³/mol. The number of hydrogen-bond donors (Lipinski definition) is 0. The molecular formula is C27H28N6O3. The first-order valence-corrected chi connectivity index (χ1v) is 11.3. The van der Waals surface area contributed by atoms with E-state index in [0.29, 0.717) is 37.8 Å². The average Bonchev–Trinajstić information content (AvgIpc) is 2.92. The Morgan fingerprint density at radius 2 is 1.56 bits per heavy atom. The largest absolute Gasteiger partial charge is 0.467 e. The molecule has 1 aliphatic heterocycles. The number of nitrogens with zero attached hydrogens (tertiary/aromatic N) is 6. The molecule has 2 amide bonds. The van der Waals surface area contributed by atoms with Gasteiger partial charge in [0, 0.05) is 67.6 Å². The Hall–Kier alpha value is -4.40. The second-order valence-corrected chi connectivity index (χ2v) is 8.29. The number of methoxy groups -OCH3 is 1. The van der Waals surface area contributed by atoms with Crippen LogP contribution in [0.4, 0.5) is 0 Å². The van der Waals surface area contributed by atoms with Crippen LogP contribution in [0, 0.1) is 0 Å². The average molecular weight is 485 g/mol. The van der Waals surface area contributed by atoms with Gasteiger partial charge in [0.25, 0.3) is 5.91 Å². The number of hydrogen-bond acceptors (Lipinski definition) is 7. The Morgan fingerprint density at radius 1 is 0.833 bits per heavy atom. The number of rotatable bonds is 4. The van der Waals surface area contributed by atoms with Gasteiger partial charge in [-0.05, 0) is 29.8 Å². The highest BCUT2D eigenvalue weighted by Gasteiger charge is 2.23. The van der Waals surface area contributed by atoms with Crippen molar-refractivity contribution in [1.29, 1.82) is 0 Å². The Morgan fingerprint density at radius 3 is 2.25 bits per heavy atom. The number of carbonyl (C=O) groups is 2. The van der Waals surface area contributed by atoms with Crippen LogP contribution < -0.4 is 4.74 Å². The van der Waals surface area contributed by atoms with Crippen LogP contribution in [0.15, 0.2) is 61.2 Å². The summed E-state index contributed by atoms with van der Waals surface area (Å²) < 4.78 is 5.05. The van der Waals surface area contributed by atoms with E-state index in [-0.39, 0.29) is 19.2 Å². The highest BCUT2D eigenvalue weighted by Crippen LogP contribution is 2.30. The summed E-state index contributed by atoms with van der Waals surface area (Å²) in [6, 6.07) is 13.7. The molecule has 0 aliphatic carbocycles. The van der Waals surface area contributed by atoms with Crippen molar-refractivity contribution in [3.05, 3.63) is 66.7 Å². The first-order chi connectivity index (χ1) is 17.0. The lowest BCUT2D eigenvalue weighted by Crippen LogP contribution is -2.50. The molecule has 36 heavy (non-hydrogen) atoms. The van der Waals surface area contributed by atoms with E-state index in [0.717, 1.165) is 33.3 Å². The summed E-state index contributed by atoms with van der Waals surface area (Å²) in [6.07, 6.45) is 4.95. The number of carbonyl (C=O) groups excluding carboxylic acids is 2. The monoisotopic (exact) mass is 484 g/mol. The summed E-state index contributed by atoms with van der Waals surface area (Å²) >= 11 is 0. The first kappa shape index (κ1) is 24.7. The van der Waals surface area contributed by atoms with Gasteiger partial charge in [0.05, 0.1) is 18.3 Å². The van der Waals surface area contributed by atoms with Crippen LogP contribution in [0.25, 0.3) is 33.3 Å². The second-order valence-electron chi connectivity index (χ2n) is 8.29. The van der Waals surface area contributed by atoms with Crippen LogP contribution in [0.5, 0.6) is 6.01 Å². The van der Waals surface area contributed by atoms with Gasteiger partial charge in [-0.2, -0.15) is 0 Å². The van der Waals surface area contributed by atoms with Crippen LogP contribution in [0.2, 0.25) is 0 Å². The maximum Gasteiger partial charge on any atom is 0.316 e. The van der Waals surface area contributed by atoms with E-state index in [4.69, 9.17) is 4.74 Å². The molecule has 0 N–H and O–H groups in total. The maximum absolute atomic E-state index is 13.2. The lowest BCUT2D eigenvalue weighted by Gasteiger charge is -2.34. The molecule has 2 aromatic heterocycles. The quantitative estimate of drug-likeness (QED) is 0.435. The van der Waals surface area contributed by atoms with Gasteiger partial charge >= 0.3 is 6.01 Å². The zero-order chi connectivity index (χ0) is 24.4.